The molecular formula is C22H25N3O3S. The second-order valence-electron chi connectivity index (χ2n) is 6.56. The maximum absolute atomic E-state index is 11.7. The van der Waals surface area contributed by atoms with E-state index in [0.717, 1.165) is 48.3 Å². The molecule has 0 bridgehead atoms. The lowest BCUT2D eigenvalue weighted by atomic mass is 10.1. The normalized spacial score (nSPS) is 15.4. The molecule has 7 heteroatoms. The van der Waals surface area contributed by atoms with Gasteiger partial charge in [0.05, 0.1) is 18.5 Å². The number of thiazole rings is 1. The van der Waals surface area contributed by atoms with E-state index in [1.165, 1.54) is 11.3 Å². The van der Waals surface area contributed by atoms with Crippen LogP contribution in [-0.4, -0.2) is 54.2 Å². The third-order valence-corrected chi connectivity index (χ3v) is 5.91. The number of rotatable bonds is 7. The van der Waals surface area contributed by atoms with E-state index in [9.17, 15) is 9.90 Å². The molecule has 152 valence electrons. The molecule has 0 amide bonds. The Balaban J connectivity index is 1.80. The Morgan fingerprint density at radius 1 is 1.24 bits per heavy atom. The van der Waals surface area contributed by atoms with Crippen LogP contribution in [0.15, 0.2) is 66.6 Å². The maximum atomic E-state index is 11.7. The molecule has 6 nitrogen and oxygen atoms in total. The number of ether oxygens (including phenoxy) is 1. The highest BCUT2D eigenvalue weighted by Crippen LogP contribution is 2.34. The fourth-order valence-corrected chi connectivity index (χ4v) is 4.21. The van der Waals surface area contributed by atoms with Crippen LogP contribution in [0.4, 0.5) is 5.13 Å². The number of nitrogens with zero attached hydrogens (tertiary/aromatic N) is 3. The standard InChI is InChI=1S/C22H25N3O3S/c1-4-5-11-18(16(2)28-3)24-12-14-25(15-13-24)22-23-19(20(29-22)21(26)27)17-9-7-6-8-10-17/h4-11H,1,12-15H2,2-3H3,(H,26,27)/b11-5-,18-16-. The molecule has 2 heterocycles. The molecule has 0 radical (unpaired) electrons. The van der Waals surface area contributed by atoms with Gasteiger partial charge in [-0.3, -0.25) is 0 Å². The molecule has 0 atom stereocenters. The minimum atomic E-state index is -0.943. The van der Waals surface area contributed by atoms with E-state index in [4.69, 9.17) is 4.74 Å². The van der Waals surface area contributed by atoms with Crippen molar-refractivity contribution in [1.82, 2.24) is 9.88 Å². The minimum Gasteiger partial charge on any atom is -0.499 e. The number of anilines is 1. The Labute approximate surface area is 175 Å². The summed E-state index contributed by atoms with van der Waals surface area (Å²) in [5.74, 6) is -0.0907. The van der Waals surface area contributed by atoms with Gasteiger partial charge >= 0.3 is 5.97 Å². The highest BCUT2D eigenvalue weighted by atomic mass is 32.1. The molecule has 1 aliphatic heterocycles. The summed E-state index contributed by atoms with van der Waals surface area (Å²) in [5.41, 5.74) is 2.38. The van der Waals surface area contributed by atoms with Crippen molar-refractivity contribution in [1.29, 1.82) is 0 Å². The van der Waals surface area contributed by atoms with Crippen LogP contribution in [0.3, 0.4) is 0 Å². The van der Waals surface area contributed by atoms with Crippen LogP contribution in [0, 0.1) is 0 Å². The fourth-order valence-electron chi connectivity index (χ4n) is 3.23. The van der Waals surface area contributed by atoms with Crippen LogP contribution in [0.5, 0.6) is 0 Å². The lowest BCUT2D eigenvalue weighted by Gasteiger charge is -2.36. The summed E-state index contributed by atoms with van der Waals surface area (Å²) in [4.78, 5) is 21.1. The number of piperazine rings is 1. The van der Waals surface area contributed by atoms with Gasteiger partial charge in [-0.1, -0.05) is 60.4 Å². The van der Waals surface area contributed by atoms with Crippen LogP contribution in [0.2, 0.25) is 0 Å². The van der Waals surface area contributed by atoms with Gasteiger partial charge in [0.1, 0.15) is 10.6 Å². The third kappa shape index (κ3) is 4.68. The molecule has 0 saturated carbocycles. The zero-order valence-corrected chi connectivity index (χ0v) is 17.5. The third-order valence-electron chi connectivity index (χ3n) is 4.81. The molecular weight excluding hydrogens is 386 g/mol. The molecule has 1 aromatic carbocycles. The summed E-state index contributed by atoms with van der Waals surface area (Å²) in [7, 11) is 1.67. The number of aromatic nitrogens is 1. The Bertz CT molecular complexity index is 926. The van der Waals surface area contributed by atoms with Gasteiger partial charge in [-0.2, -0.15) is 0 Å². The summed E-state index contributed by atoms with van der Waals surface area (Å²) in [6.07, 6.45) is 5.64. The number of allylic oxidation sites excluding steroid dienone is 4. The van der Waals surface area contributed by atoms with Gasteiger partial charge in [0.25, 0.3) is 0 Å². The first-order chi connectivity index (χ1) is 14.0. The van der Waals surface area contributed by atoms with E-state index in [0.29, 0.717) is 5.69 Å². The number of benzene rings is 1. The van der Waals surface area contributed by atoms with Crippen molar-refractivity contribution in [3.05, 3.63) is 71.5 Å². The number of methoxy groups -OCH3 is 1. The Morgan fingerprint density at radius 3 is 2.52 bits per heavy atom. The van der Waals surface area contributed by atoms with Crippen molar-refractivity contribution >= 4 is 22.4 Å². The lowest BCUT2D eigenvalue weighted by Crippen LogP contribution is -2.46. The van der Waals surface area contributed by atoms with Crippen LogP contribution in [0.1, 0.15) is 16.6 Å². The van der Waals surface area contributed by atoms with E-state index in [-0.39, 0.29) is 4.88 Å². The predicted molar refractivity (Wildman–Crippen MR) is 117 cm³/mol. The average Bonchev–Trinajstić information content (AvgIpc) is 3.21. The van der Waals surface area contributed by atoms with Crippen molar-refractivity contribution in [3.63, 3.8) is 0 Å². The number of carbonyl (C=O) groups is 1. The highest BCUT2D eigenvalue weighted by molar-refractivity contribution is 7.17. The second kappa shape index (κ2) is 9.43. The van der Waals surface area contributed by atoms with Crippen LogP contribution < -0.4 is 4.90 Å². The fraction of sp³-hybridized carbons (Fsp3) is 0.273. The van der Waals surface area contributed by atoms with E-state index in [1.807, 2.05) is 49.4 Å². The number of aromatic carboxylic acids is 1. The van der Waals surface area contributed by atoms with E-state index in [1.54, 1.807) is 13.2 Å². The van der Waals surface area contributed by atoms with Gasteiger partial charge < -0.3 is 19.6 Å². The number of hydrogen-bond donors (Lipinski definition) is 1. The SMILES string of the molecule is C=C/C=C\C(=C(/C)OC)N1CCN(c2nc(-c3ccccc3)c(C(=O)O)s2)CC1. The summed E-state index contributed by atoms with van der Waals surface area (Å²) >= 11 is 1.24. The molecule has 1 N–H and O–H groups in total. The van der Waals surface area contributed by atoms with Crippen molar-refractivity contribution < 1.29 is 14.6 Å². The first-order valence-corrected chi connectivity index (χ1v) is 10.2. The second-order valence-corrected chi connectivity index (χ2v) is 7.54. The largest absolute Gasteiger partial charge is 0.499 e. The number of carboxylic acids is 1. The first-order valence-electron chi connectivity index (χ1n) is 9.38. The number of carboxylic acid groups (broad SMARTS) is 1. The molecule has 0 aliphatic carbocycles. The topological polar surface area (TPSA) is 65.9 Å². The van der Waals surface area contributed by atoms with Crippen LogP contribution in [-0.2, 0) is 4.74 Å². The van der Waals surface area contributed by atoms with E-state index in [2.05, 4.69) is 21.4 Å². The molecule has 1 aromatic heterocycles. The smallest absolute Gasteiger partial charge is 0.348 e. The molecule has 0 unspecified atom stereocenters. The zero-order chi connectivity index (χ0) is 20.8. The van der Waals surface area contributed by atoms with Crippen molar-refractivity contribution in [3.8, 4) is 11.3 Å². The maximum Gasteiger partial charge on any atom is 0.348 e. The summed E-state index contributed by atoms with van der Waals surface area (Å²) < 4.78 is 5.43. The van der Waals surface area contributed by atoms with Crippen LogP contribution >= 0.6 is 11.3 Å². The zero-order valence-electron chi connectivity index (χ0n) is 16.7. The van der Waals surface area contributed by atoms with Crippen LogP contribution in [0.25, 0.3) is 11.3 Å². The predicted octanol–water partition coefficient (Wildman–Crippen LogP) is 4.25. The molecule has 2 aromatic rings. The van der Waals surface area contributed by atoms with Crippen molar-refractivity contribution in [2.24, 2.45) is 0 Å². The van der Waals surface area contributed by atoms with Crippen molar-refractivity contribution in [2.45, 2.75) is 6.92 Å². The summed E-state index contributed by atoms with van der Waals surface area (Å²) in [5, 5.41) is 10.4. The average molecular weight is 412 g/mol. The number of hydrogen-bond acceptors (Lipinski definition) is 6. The van der Waals surface area contributed by atoms with Gasteiger partial charge in [-0.05, 0) is 13.0 Å². The molecule has 1 aliphatic rings. The Morgan fingerprint density at radius 2 is 1.93 bits per heavy atom. The molecule has 1 fully saturated rings. The minimum absolute atomic E-state index is 0.276. The molecule has 3 rings (SSSR count). The Kier molecular flexibility index (Phi) is 6.72. The van der Waals surface area contributed by atoms with E-state index < -0.39 is 5.97 Å². The van der Waals surface area contributed by atoms with Crippen molar-refractivity contribution in [2.75, 3.05) is 38.2 Å². The lowest BCUT2D eigenvalue weighted by molar-refractivity contribution is 0.0702. The van der Waals surface area contributed by atoms with Gasteiger partial charge in [-0.15, -0.1) is 0 Å². The molecule has 29 heavy (non-hydrogen) atoms. The quantitative estimate of drug-likeness (QED) is 0.543. The summed E-state index contributed by atoms with van der Waals surface area (Å²) in [6, 6.07) is 9.47. The molecule has 1 saturated heterocycles. The first kappa shape index (κ1) is 20.7. The van der Waals surface area contributed by atoms with Gasteiger partial charge in [-0.25, -0.2) is 9.78 Å². The molecule has 0 spiro atoms. The van der Waals surface area contributed by atoms with E-state index >= 15 is 0 Å². The monoisotopic (exact) mass is 411 g/mol. The van der Waals surface area contributed by atoms with Gasteiger partial charge in [0.2, 0.25) is 0 Å². The Hall–Kier alpha value is -3.06. The van der Waals surface area contributed by atoms with Gasteiger partial charge in [0, 0.05) is 31.7 Å². The highest BCUT2D eigenvalue weighted by Gasteiger charge is 2.25. The van der Waals surface area contributed by atoms with Gasteiger partial charge in [0.15, 0.2) is 5.13 Å². The summed E-state index contributed by atoms with van der Waals surface area (Å²) in [6.45, 7) is 8.77.